The van der Waals surface area contributed by atoms with Gasteiger partial charge in [0, 0.05) is 16.6 Å². The first-order valence-corrected chi connectivity index (χ1v) is 6.45. The minimum atomic E-state index is -0.391. The number of halogens is 2. The van der Waals surface area contributed by atoms with E-state index >= 15 is 0 Å². The lowest BCUT2D eigenvalue weighted by atomic mass is 10.2. The number of hydrogen-bond acceptors (Lipinski definition) is 3. The van der Waals surface area contributed by atoms with Crippen molar-refractivity contribution in [2.45, 2.75) is 13.8 Å². The Hall–Kier alpha value is -1.49. The lowest BCUT2D eigenvalue weighted by Crippen LogP contribution is -2.06. The van der Waals surface area contributed by atoms with Crippen molar-refractivity contribution < 1.29 is 4.39 Å². The summed E-state index contributed by atoms with van der Waals surface area (Å²) in [6.07, 6.45) is 0. The summed E-state index contributed by atoms with van der Waals surface area (Å²) in [5.74, 6) is 0.387. The Morgan fingerprint density at radius 1 is 1.22 bits per heavy atom. The summed E-state index contributed by atoms with van der Waals surface area (Å²) in [6.45, 7) is 4.16. The highest BCUT2D eigenvalue weighted by Gasteiger charge is 2.11. The standard InChI is InChI=1S/C13H13BrFN3/c1-3-16-13-11(15)8(2)17-12(18-13)9-4-6-10(14)7-5-9/h4-7H,3H2,1-2H3,(H,16,17,18). The lowest BCUT2D eigenvalue weighted by molar-refractivity contribution is 0.606. The van der Waals surface area contributed by atoms with Gasteiger partial charge in [0.15, 0.2) is 17.5 Å². The summed E-state index contributed by atoms with van der Waals surface area (Å²) in [5.41, 5.74) is 1.21. The fourth-order valence-electron chi connectivity index (χ4n) is 1.57. The van der Waals surface area contributed by atoms with Gasteiger partial charge in [-0.25, -0.2) is 14.4 Å². The average molecular weight is 310 g/mol. The molecule has 0 aliphatic rings. The van der Waals surface area contributed by atoms with Crippen molar-refractivity contribution in [1.82, 2.24) is 9.97 Å². The van der Waals surface area contributed by atoms with E-state index in [1.54, 1.807) is 6.92 Å². The first-order chi connectivity index (χ1) is 8.61. The molecule has 0 fully saturated rings. The smallest absolute Gasteiger partial charge is 0.186 e. The minimum Gasteiger partial charge on any atom is -0.368 e. The second-order valence-corrected chi connectivity index (χ2v) is 4.75. The highest BCUT2D eigenvalue weighted by Crippen LogP contribution is 2.22. The van der Waals surface area contributed by atoms with Crippen LogP contribution in [0.25, 0.3) is 11.4 Å². The van der Waals surface area contributed by atoms with Crippen molar-refractivity contribution in [1.29, 1.82) is 0 Å². The molecule has 2 rings (SSSR count). The molecule has 3 nitrogen and oxygen atoms in total. The number of benzene rings is 1. The molecule has 1 aromatic heterocycles. The molecule has 0 saturated heterocycles. The molecule has 2 aromatic rings. The van der Waals surface area contributed by atoms with Gasteiger partial charge in [-0.2, -0.15) is 0 Å². The SMILES string of the molecule is CCNc1nc(-c2ccc(Br)cc2)nc(C)c1F. The Morgan fingerprint density at radius 2 is 1.89 bits per heavy atom. The zero-order valence-electron chi connectivity index (χ0n) is 10.2. The van der Waals surface area contributed by atoms with Crippen LogP contribution in [0.2, 0.25) is 0 Å². The summed E-state index contributed by atoms with van der Waals surface area (Å²) in [5, 5.41) is 2.90. The van der Waals surface area contributed by atoms with Gasteiger partial charge in [0.05, 0.1) is 5.69 Å². The van der Waals surface area contributed by atoms with Crippen LogP contribution in [0, 0.1) is 12.7 Å². The van der Waals surface area contributed by atoms with Gasteiger partial charge in [0.25, 0.3) is 0 Å². The number of hydrogen-bond donors (Lipinski definition) is 1. The number of aromatic nitrogens is 2. The molecule has 0 unspecified atom stereocenters. The summed E-state index contributed by atoms with van der Waals surface area (Å²) in [4.78, 5) is 8.38. The molecule has 0 spiro atoms. The number of nitrogens with zero attached hydrogens (tertiary/aromatic N) is 2. The zero-order valence-corrected chi connectivity index (χ0v) is 11.8. The van der Waals surface area contributed by atoms with E-state index in [4.69, 9.17) is 0 Å². The summed E-state index contributed by atoms with van der Waals surface area (Å²) < 4.78 is 14.7. The average Bonchev–Trinajstić information content (AvgIpc) is 2.36. The quantitative estimate of drug-likeness (QED) is 0.937. The molecule has 0 radical (unpaired) electrons. The Balaban J connectivity index is 2.48. The Labute approximate surface area is 114 Å². The lowest BCUT2D eigenvalue weighted by Gasteiger charge is -2.08. The molecule has 0 aliphatic heterocycles. The fraction of sp³-hybridized carbons (Fsp3) is 0.231. The van der Waals surface area contributed by atoms with Crippen molar-refractivity contribution in [3.8, 4) is 11.4 Å². The number of rotatable bonds is 3. The molecule has 0 saturated carbocycles. The van der Waals surface area contributed by atoms with Gasteiger partial charge in [-0.15, -0.1) is 0 Å². The van der Waals surface area contributed by atoms with Gasteiger partial charge in [-0.3, -0.25) is 0 Å². The van der Waals surface area contributed by atoms with Crippen LogP contribution >= 0.6 is 15.9 Å². The van der Waals surface area contributed by atoms with E-state index in [1.165, 1.54) is 0 Å². The molecule has 0 aliphatic carbocycles. The molecule has 1 heterocycles. The fourth-order valence-corrected chi connectivity index (χ4v) is 1.84. The predicted molar refractivity (Wildman–Crippen MR) is 74.0 cm³/mol. The van der Waals surface area contributed by atoms with E-state index in [2.05, 4.69) is 31.2 Å². The van der Waals surface area contributed by atoms with Crippen molar-refractivity contribution in [3.05, 3.63) is 40.2 Å². The van der Waals surface area contributed by atoms with E-state index in [-0.39, 0.29) is 5.82 Å². The van der Waals surface area contributed by atoms with Crippen molar-refractivity contribution >= 4 is 21.7 Å². The Bertz CT molecular complexity index is 555. The topological polar surface area (TPSA) is 37.8 Å². The molecule has 18 heavy (non-hydrogen) atoms. The van der Waals surface area contributed by atoms with Crippen molar-refractivity contribution in [2.75, 3.05) is 11.9 Å². The van der Waals surface area contributed by atoms with Crippen LogP contribution in [-0.4, -0.2) is 16.5 Å². The largest absolute Gasteiger partial charge is 0.368 e. The monoisotopic (exact) mass is 309 g/mol. The summed E-state index contributed by atoms with van der Waals surface area (Å²) >= 11 is 3.37. The van der Waals surface area contributed by atoms with E-state index < -0.39 is 5.82 Å². The van der Waals surface area contributed by atoms with E-state index in [1.807, 2.05) is 31.2 Å². The molecule has 0 amide bonds. The van der Waals surface area contributed by atoms with Crippen LogP contribution in [0.15, 0.2) is 28.7 Å². The molecule has 0 atom stereocenters. The number of aryl methyl sites for hydroxylation is 1. The van der Waals surface area contributed by atoms with Crippen LogP contribution in [-0.2, 0) is 0 Å². The van der Waals surface area contributed by atoms with Crippen LogP contribution in [0.4, 0.5) is 10.2 Å². The third-order valence-electron chi connectivity index (χ3n) is 2.46. The van der Waals surface area contributed by atoms with Gasteiger partial charge >= 0.3 is 0 Å². The number of nitrogens with one attached hydrogen (secondary N) is 1. The third kappa shape index (κ3) is 2.67. The van der Waals surface area contributed by atoms with Gasteiger partial charge in [0.1, 0.15) is 0 Å². The number of anilines is 1. The van der Waals surface area contributed by atoms with E-state index in [0.29, 0.717) is 18.1 Å². The second-order valence-electron chi connectivity index (χ2n) is 3.83. The summed E-state index contributed by atoms with van der Waals surface area (Å²) in [7, 11) is 0. The highest BCUT2D eigenvalue weighted by atomic mass is 79.9. The molecule has 94 valence electrons. The minimum absolute atomic E-state index is 0.253. The van der Waals surface area contributed by atoms with Gasteiger partial charge in [-0.1, -0.05) is 28.1 Å². The first-order valence-electron chi connectivity index (χ1n) is 5.65. The molecular weight excluding hydrogens is 297 g/mol. The Morgan fingerprint density at radius 3 is 2.50 bits per heavy atom. The zero-order chi connectivity index (χ0) is 13.1. The third-order valence-corrected chi connectivity index (χ3v) is 2.99. The van der Waals surface area contributed by atoms with Gasteiger partial charge < -0.3 is 5.32 Å². The van der Waals surface area contributed by atoms with Crippen LogP contribution in [0.1, 0.15) is 12.6 Å². The predicted octanol–water partition coefficient (Wildman–Crippen LogP) is 3.79. The highest BCUT2D eigenvalue weighted by molar-refractivity contribution is 9.10. The van der Waals surface area contributed by atoms with Crippen molar-refractivity contribution in [3.63, 3.8) is 0 Å². The molecule has 5 heteroatoms. The normalized spacial score (nSPS) is 10.4. The Kier molecular flexibility index (Phi) is 3.91. The second kappa shape index (κ2) is 5.44. The molecule has 1 N–H and O–H groups in total. The maximum atomic E-state index is 13.8. The maximum Gasteiger partial charge on any atom is 0.186 e. The van der Waals surface area contributed by atoms with Gasteiger partial charge in [-0.05, 0) is 26.0 Å². The molecule has 0 bridgehead atoms. The molecular formula is C13H13BrFN3. The summed E-state index contributed by atoms with van der Waals surface area (Å²) in [6, 6.07) is 7.60. The van der Waals surface area contributed by atoms with E-state index in [0.717, 1.165) is 10.0 Å². The van der Waals surface area contributed by atoms with Crippen LogP contribution in [0.3, 0.4) is 0 Å². The molecule has 1 aromatic carbocycles. The van der Waals surface area contributed by atoms with Crippen molar-refractivity contribution in [2.24, 2.45) is 0 Å². The van der Waals surface area contributed by atoms with Crippen LogP contribution < -0.4 is 5.32 Å². The maximum absolute atomic E-state index is 13.8. The van der Waals surface area contributed by atoms with Gasteiger partial charge in [0.2, 0.25) is 0 Å². The van der Waals surface area contributed by atoms with Crippen LogP contribution in [0.5, 0.6) is 0 Å². The first kappa shape index (κ1) is 13.0. The van der Waals surface area contributed by atoms with E-state index in [9.17, 15) is 4.39 Å².